The van der Waals surface area contributed by atoms with Crippen molar-refractivity contribution in [3.8, 4) is 5.75 Å². The van der Waals surface area contributed by atoms with Gasteiger partial charge in [0.2, 0.25) is 5.91 Å². The van der Waals surface area contributed by atoms with Gasteiger partial charge in [0, 0.05) is 28.2 Å². The molecule has 1 atom stereocenters. The second-order valence-corrected chi connectivity index (χ2v) is 9.16. The Balaban J connectivity index is 1.76. The summed E-state index contributed by atoms with van der Waals surface area (Å²) in [5.41, 5.74) is 1.65. The molecule has 1 aliphatic carbocycles. The van der Waals surface area contributed by atoms with Gasteiger partial charge in [0.1, 0.15) is 11.8 Å². The van der Waals surface area contributed by atoms with Crippen LogP contribution in [0.2, 0.25) is 10.0 Å². The topological polar surface area (TPSA) is 58.6 Å². The third-order valence-electron chi connectivity index (χ3n) is 5.86. The standard InChI is InChI=1S/C25H30Cl2N2O3/c1-17-8-6-11-20(14-17)32-16-24(30)29(15-21-22(26)12-7-13-23(21)27)18(2)25(31)28-19-9-4-3-5-10-19/h6-8,11-14,18-19H,3-5,9-10,15-16H2,1-2H3,(H,28,31)/t18-/m1/s1. The van der Waals surface area contributed by atoms with E-state index < -0.39 is 6.04 Å². The minimum absolute atomic E-state index is 0.119. The number of hydrogen-bond donors (Lipinski definition) is 1. The summed E-state index contributed by atoms with van der Waals surface area (Å²) in [6, 6.07) is 12.1. The van der Waals surface area contributed by atoms with Crippen molar-refractivity contribution in [2.45, 2.75) is 64.6 Å². The molecule has 0 saturated heterocycles. The van der Waals surface area contributed by atoms with Gasteiger partial charge in [0.15, 0.2) is 6.61 Å². The van der Waals surface area contributed by atoms with E-state index in [2.05, 4.69) is 5.32 Å². The highest BCUT2D eigenvalue weighted by atomic mass is 35.5. The van der Waals surface area contributed by atoms with Crippen LogP contribution in [0, 0.1) is 6.92 Å². The van der Waals surface area contributed by atoms with Gasteiger partial charge in [-0.3, -0.25) is 9.59 Å². The fraction of sp³-hybridized carbons (Fsp3) is 0.440. The van der Waals surface area contributed by atoms with Crippen molar-refractivity contribution in [1.29, 1.82) is 0 Å². The molecule has 5 nitrogen and oxygen atoms in total. The predicted octanol–water partition coefficient (Wildman–Crippen LogP) is 5.55. The molecule has 0 aromatic heterocycles. The maximum atomic E-state index is 13.2. The summed E-state index contributed by atoms with van der Waals surface area (Å²) in [7, 11) is 0. The van der Waals surface area contributed by atoms with Crippen LogP contribution in [-0.4, -0.2) is 35.4 Å². The van der Waals surface area contributed by atoms with E-state index in [1.54, 1.807) is 31.2 Å². The molecule has 1 aliphatic rings. The van der Waals surface area contributed by atoms with Gasteiger partial charge in [-0.2, -0.15) is 0 Å². The van der Waals surface area contributed by atoms with Crippen LogP contribution >= 0.6 is 23.2 Å². The number of carbonyl (C=O) groups is 2. The highest BCUT2D eigenvalue weighted by Gasteiger charge is 2.29. The lowest BCUT2D eigenvalue weighted by Crippen LogP contribution is -2.51. The minimum Gasteiger partial charge on any atom is -0.484 e. The highest BCUT2D eigenvalue weighted by molar-refractivity contribution is 6.36. The maximum absolute atomic E-state index is 13.2. The van der Waals surface area contributed by atoms with E-state index in [1.807, 2.05) is 25.1 Å². The first-order chi connectivity index (χ1) is 15.3. The Bertz CT molecular complexity index is 924. The molecule has 2 aromatic carbocycles. The van der Waals surface area contributed by atoms with Crippen molar-refractivity contribution in [2.24, 2.45) is 0 Å². The van der Waals surface area contributed by atoms with Gasteiger partial charge in [-0.15, -0.1) is 0 Å². The number of nitrogens with one attached hydrogen (secondary N) is 1. The molecule has 0 heterocycles. The first-order valence-electron chi connectivity index (χ1n) is 11.1. The molecule has 0 unspecified atom stereocenters. The second kappa shape index (κ2) is 11.6. The van der Waals surface area contributed by atoms with Crippen molar-refractivity contribution in [3.05, 3.63) is 63.6 Å². The number of carbonyl (C=O) groups excluding carboxylic acids is 2. The van der Waals surface area contributed by atoms with Crippen molar-refractivity contribution >= 4 is 35.0 Å². The Morgan fingerprint density at radius 1 is 1.09 bits per heavy atom. The maximum Gasteiger partial charge on any atom is 0.261 e. The van der Waals surface area contributed by atoms with Crippen LogP contribution in [0.3, 0.4) is 0 Å². The summed E-state index contributed by atoms with van der Waals surface area (Å²) in [5, 5.41) is 4.02. The molecule has 2 aromatic rings. The van der Waals surface area contributed by atoms with E-state index in [-0.39, 0.29) is 31.0 Å². The van der Waals surface area contributed by atoms with Crippen LogP contribution < -0.4 is 10.1 Å². The molecule has 1 fully saturated rings. The number of halogens is 2. The zero-order valence-electron chi connectivity index (χ0n) is 18.6. The van der Waals surface area contributed by atoms with E-state index in [0.717, 1.165) is 31.2 Å². The van der Waals surface area contributed by atoms with Crippen LogP contribution in [0.1, 0.15) is 50.2 Å². The molecule has 7 heteroatoms. The minimum atomic E-state index is -0.696. The van der Waals surface area contributed by atoms with Crippen molar-refractivity contribution in [1.82, 2.24) is 10.2 Å². The van der Waals surface area contributed by atoms with Gasteiger partial charge in [-0.1, -0.05) is 60.7 Å². The lowest BCUT2D eigenvalue weighted by Gasteiger charge is -2.31. The number of nitrogens with zero attached hydrogens (tertiary/aromatic N) is 1. The summed E-state index contributed by atoms with van der Waals surface area (Å²) >= 11 is 12.7. The molecule has 0 bridgehead atoms. The fourth-order valence-electron chi connectivity index (χ4n) is 3.94. The monoisotopic (exact) mass is 476 g/mol. The van der Waals surface area contributed by atoms with Gasteiger partial charge in [0.25, 0.3) is 5.91 Å². The molecular weight excluding hydrogens is 447 g/mol. The molecule has 32 heavy (non-hydrogen) atoms. The molecule has 1 saturated carbocycles. The van der Waals surface area contributed by atoms with E-state index in [1.165, 1.54) is 11.3 Å². The van der Waals surface area contributed by atoms with Crippen LogP contribution in [-0.2, 0) is 16.1 Å². The Morgan fingerprint density at radius 2 is 1.75 bits per heavy atom. The quantitative estimate of drug-likeness (QED) is 0.543. The van der Waals surface area contributed by atoms with Crippen LogP contribution in [0.4, 0.5) is 0 Å². The lowest BCUT2D eigenvalue weighted by atomic mass is 9.95. The fourth-order valence-corrected chi connectivity index (χ4v) is 4.46. The molecule has 0 spiro atoms. The van der Waals surface area contributed by atoms with Gasteiger partial charge in [0.05, 0.1) is 0 Å². The zero-order valence-corrected chi connectivity index (χ0v) is 20.1. The second-order valence-electron chi connectivity index (χ2n) is 8.35. The van der Waals surface area contributed by atoms with Gasteiger partial charge >= 0.3 is 0 Å². The SMILES string of the molecule is Cc1cccc(OCC(=O)N(Cc2c(Cl)cccc2Cl)[C@H](C)C(=O)NC2CCCCC2)c1. The molecule has 172 valence electrons. The van der Waals surface area contributed by atoms with Crippen molar-refractivity contribution in [2.75, 3.05) is 6.61 Å². The van der Waals surface area contributed by atoms with Gasteiger partial charge in [-0.05, 0) is 56.5 Å². The third-order valence-corrected chi connectivity index (χ3v) is 6.57. The van der Waals surface area contributed by atoms with Crippen LogP contribution in [0.25, 0.3) is 0 Å². The third kappa shape index (κ3) is 6.63. The Morgan fingerprint density at radius 3 is 2.41 bits per heavy atom. The van der Waals surface area contributed by atoms with Gasteiger partial charge < -0.3 is 15.0 Å². The highest BCUT2D eigenvalue weighted by Crippen LogP contribution is 2.27. The Hall–Kier alpha value is -2.24. The molecule has 0 radical (unpaired) electrons. The predicted molar refractivity (Wildman–Crippen MR) is 128 cm³/mol. The van der Waals surface area contributed by atoms with E-state index in [4.69, 9.17) is 27.9 Å². The normalized spacial score (nSPS) is 15.1. The summed E-state index contributed by atoms with van der Waals surface area (Å²) in [4.78, 5) is 27.7. The lowest BCUT2D eigenvalue weighted by molar-refractivity contribution is -0.142. The zero-order chi connectivity index (χ0) is 23.1. The molecule has 1 N–H and O–H groups in total. The summed E-state index contributed by atoms with van der Waals surface area (Å²) in [6.45, 7) is 3.62. The van der Waals surface area contributed by atoms with E-state index >= 15 is 0 Å². The van der Waals surface area contributed by atoms with Crippen LogP contribution in [0.5, 0.6) is 5.75 Å². The number of aryl methyl sites for hydroxylation is 1. The molecule has 3 rings (SSSR count). The largest absolute Gasteiger partial charge is 0.484 e. The van der Waals surface area contributed by atoms with E-state index in [9.17, 15) is 9.59 Å². The van der Waals surface area contributed by atoms with Crippen molar-refractivity contribution < 1.29 is 14.3 Å². The Kier molecular flexibility index (Phi) is 8.83. The first kappa shape index (κ1) is 24.4. The molecule has 0 aliphatic heterocycles. The van der Waals surface area contributed by atoms with Crippen molar-refractivity contribution in [3.63, 3.8) is 0 Å². The van der Waals surface area contributed by atoms with Gasteiger partial charge in [-0.25, -0.2) is 0 Å². The average Bonchev–Trinajstić information content (AvgIpc) is 2.77. The Labute approximate surface area is 200 Å². The average molecular weight is 477 g/mol. The van der Waals surface area contributed by atoms with E-state index in [0.29, 0.717) is 21.4 Å². The first-order valence-corrected chi connectivity index (χ1v) is 11.8. The summed E-state index contributed by atoms with van der Waals surface area (Å²) in [5.74, 6) is 0.117. The summed E-state index contributed by atoms with van der Waals surface area (Å²) in [6.07, 6.45) is 5.37. The number of hydrogen-bond acceptors (Lipinski definition) is 3. The summed E-state index contributed by atoms with van der Waals surface area (Å²) < 4.78 is 5.72. The molecular formula is C25H30Cl2N2O3. The smallest absolute Gasteiger partial charge is 0.261 e. The number of benzene rings is 2. The number of ether oxygens (including phenoxy) is 1. The number of rotatable bonds is 8. The number of amides is 2. The molecule has 2 amide bonds. The van der Waals surface area contributed by atoms with Crippen LogP contribution in [0.15, 0.2) is 42.5 Å².